The third-order valence-electron chi connectivity index (χ3n) is 8.02. The van der Waals surface area contributed by atoms with E-state index in [2.05, 4.69) is 9.80 Å². The molecule has 4 saturated heterocycles. The van der Waals surface area contributed by atoms with Crippen LogP contribution >= 0.6 is 0 Å². The van der Waals surface area contributed by atoms with Crippen LogP contribution in [0.2, 0.25) is 0 Å². The molecule has 4 aliphatic heterocycles. The van der Waals surface area contributed by atoms with Gasteiger partial charge >= 0.3 is 0 Å². The Hall–Kier alpha value is -1.88. The summed E-state index contributed by atoms with van der Waals surface area (Å²) >= 11 is 0. The van der Waals surface area contributed by atoms with Gasteiger partial charge in [0.05, 0.1) is 18.9 Å². The number of benzene rings is 2. The molecule has 0 spiro atoms. The van der Waals surface area contributed by atoms with Crippen LogP contribution in [0.15, 0.2) is 60.7 Å². The minimum Gasteiger partial charge on any atom is -0.394 e. The van der Waals surface area contributed by atoms with Crippen LogP contribution in [-0.4, -0.2) is 110 Å². The molecule has 6 N–H and O–H groups in total. The summed E-state index contributed by atoms with van der Waals surface area (Å²) < 4.78 is 0. The zero-order valence-electron chi connectivity index (χ0n) is 18.4. The van der Waals surface area contributed by atoms with E-state index in [1.807, 2.05) is 60.7 Å². The Bertz CT molecular complexity index is 884. The number of piperidine rings is 2. The van der Waals surface area contributed by atoms with Crippen LogP contribution in [0.4, 0.5) is 0 Å². The van der Waals surface area contributed by atoms with E-state index in [4.69, 9.17) is 5.11 Å². The predicted molar refractivity (Wildman–Crippen MR) is 120 cm³/mol. The Labute approximate surface area is 193 Å². The highest BCUT2D eigenvalue weighted by molar-refractivity contribution is 5.42. The average molecular weight is 457 g/mol. The third kappa shape index (κ3) is 3.37. The van der Waals surface area contributed by atoms with Crippen molar-refractivity contribution in [2.75, 3.05) is 32.8 Å². The molecule has 0 radical (unpaired) electrons. The normalized spacial score (nSPS) is 38.6. The molecule has 8 heteroatoms. The van der Waals surface area contributed by atoms with Gasteiger partial charge in [-0.15, -0.1) is 0 Å². The molecule has 0 aliphatic carbocycles. The van der Waals surface area contributed by atoms with Crippen molar-refractivity contribution in [3.8, 4) is 0 Å². The summed E-state index contributed by atoms with van der Waals surface area (Å²) in [7, 11) is 0. The predicted octanol–water partition coefficient (Wildman–Crippen LogP) is -1.37. The lowest BCUT2D eigenvalue weighted by Gasteiger charge is -2.70. The zero-order valence-corrected chi connectivity index (χ0v) is 18.4. The smallest absolute Gasteiger partial charge is 0.111 e. The molecule has 4 fully saturated rings. The number of aliphatic hydroxyl groups is 6. The summed E-state index contributed by atoms with van der Waals surface area (Å²) in [6, 6.07) is 19.8. The van der Waals surface area contributed by atoms with Gasteiger partial charge in [0, 0.05) is 37.0 Å². The quantitative estimate of drug-likeness (QED) is 0.301. The number of hydrogen-bond acceptors (Lipinski definition) is 8. The SMILES string of the molecule is OC[C@H](O)[C@H](O)[C@@H](O)[C@@H](O)C1N2CC3(c4ccccc4)CN1CC(c1ccccc1)(C2)C3O. The van der Waals surface area contributed by atoms with Gasteiger partial charge in [0.1, 0.15) is 24.4 Å². The van der Waals surface area contributed by atoms with Gasteiger partial charge in [-0.2, -0.15) is 0 Å². The molecule has 4 aliphatic rings. The molecular weight excluding hydrogens is 424 g/mol. The zero-order chi connectivity index (χ0) is 23.4. The van der Waals surface area contributed by atoms with Crippen LogP contribution in [0, 0.1) is 0 Å². The number of rotatable bonds is 7. The number of hydrogen-bond donors (Lipinski definition) is 6. The maximum Gasteiger partial charge on any atom is 0.111 e. The van der Waals surface area contributed by atoms with Crippen molar-refractivity contribution in [1.29, 1.82) is 0 Å². The standard InChI is InChI=1S/C25H32N2O6/c28-11-18(29)19(30)20(31)21(32)22-26-12-24(16-7-3-1-4-8-16)13-27(22)15-25(14-26,23(24)33)17-9-5-2-6-10-17/h1-10,18-23,28-33H,11-15H2/t18-,19-,20+,21+,22?,23?,24?,25?/m0/s1. The van der Waals surface area contributed by atoms with Crippen molar-refractivity contribution in [1.82, 2.24) is 9.80 Å². The van der Waals surface area contributed by atoms with Gasteiger partial charge in [-0.3, -0.25) is 9.80 Å². The second kappa shape index (κ2) is 8.41. The molecule has 0 unspecified atom stereocenters. The highest BCUT2D eigenvalue weighted by Gasteiger charge is 2.67. The van der Waals surface area contributed by atoms with E-state index in [0.29, 0.717) is 26.2 Å². The van der Waals surface area contributed by atoms with Crippen molar-refractivity contribution in [2.45, 2.75) is 47.5 Å². The van der Waals surface area contributed by atoms with Gasteiger partial charge in [0.2, 0.25) is 0 Å². The lowest BCUT2D eigenvalue weighted by molar-refractivity contribution is -0.244. The Morgan fingerprint density at radius 3 is 1.55 bits per heavy atom. The molecule has 6 rings (SSSR count). The Morgan fingerprint density at radius 2 is 1.15 bits per heavy atom. The van der Waals surface area contributed by atoms with Crippen molar-refractivity contribution >= 4 is 0 Å². The molecule has 4 atom stereocenters. The maximum atomic E-state index is 11.9. The fraction of sp³-hybridized carbons (Fsp3) is 0.520. The van der Waals surface area contributed by atoms with Crippen LogP contribution in [0.1, 0.15) is 11.1 Å². The molecule has 8 nitrogen and oxygen atoms in total. The fourth-order valence-corrected chi connectivity index (χ4v) is 6.51. The molecule has 0 saturated carbocycles. The van der Waals surface area contributed by atoms with Crippen molar-refractivity contribution < 1.29 is 30.6 Å². The van der Waals surface area contributed by atoms with Crippen LogP contribution in [0.3, 0.4) is 0 Å². The van der Waals surface area contributed by atoms with E-state index in [9.17, 15) is 25.5 Å². The van der Waals surface area contributed by atoms with Crippen LogP contribution < -0.4 is 0 Å². The summed E-state index contributed by atoms with van der Waals surface area (Å²) in [5.74, 6) is 0. The molecule has 2 aromatic carbocycles. The highest BCUT2D eigenvalue weighted by Crippen LogP contribution is 2.54. The third-order valence-corrected chi connectivity index (χ3v) is 8.02. The lowest BCUT2D eigenvalue weighted by Crippen LogP contribution is -2.85. The summed E-state index contributed by atoms with van der Waals surface area (Å²) in [5, 5.41) is 62.7. The molecule has 0 amide bonds. The second-order valence-electron chi connectivity index (χ2n) is 9.89. The van der Waals surface area contributed by atoms with Crippen LogP contribution in [0.5, 0.6) is 0 Å². The molecule has 2 aromatic rings. The van der Waals surface area contributed by atoms with E-state index in [-0.39, 0.29) is 0 Å². The van der Waals surface area contributed by atoms with E-state index >= 15 is 0 Å². The van der Waals surface area contributed by atoms with Gasteiger partial charge in [0.25, 0.3) is 0 Å². The van der Waals surface area contributed by atoms with Crippen LogP contribution in [0.25, 0.3) is 0 Å². The van der Waals surface area contributed by atoms with Crippen molar-refractivity contribution in [3.05, 3.63) is 71.8 Å². The van der Waals surface area contributed by atoms with Gasteiger partial charge in [0.15, 0.2) is 0 Å². The van der Waals surface area contributed by atoms with Gasteiger partial charge in [-0.05, 0) is 11.1 Å². The summed E-state index contributed by atoms with van der Waals surface area (Å²) in [4.78, 5) is 4.15. The summed E-state index contributed by atoms with van der Waals surface area (Å²) in [5.41, 5.74) is 0.878. The van der Waals surface area contributed by atoms with E-state index in [1.165, 1.54) is 0 Å². The molecule has 33 heavy (non-hydrogen) atoms. The second-order valence-corrected chi connectivity index (χ2v) is 9.89. The average Bonchev–Trinajstić information content (AvgIpc) is 2.85. The Morgan fingerprint density at radius 1 is 0.727 bits per heavy atom. The summed E-state index contributed by atoms with van der Waals surface area (Å²) in [6.45, 7) is 1.21. The molecule has 0 aromatic heterocycles. The minimum absolute atomic E-state index is 0.482. The highest BCUT2D eigenvalue weighted by atomic mass is 16.4. The fourth-order valence-electron chi connectivity index (χ4n) is 6.51. The number of aliphatic hydroxyl groups excluding tert-OH is 6. The minimum atomic E-state index is -1.68. The first-order valence-electron chi connectivity index (χ1n) is 11.4. The lowest BCUT2D eigenvalue weighted by atomic mass is 9.54. The van der Waals surface area contributed by atoms with E-state index in [0.717, 1.165) is 11.1 Å². The maximum absolute atomic E-state index is 11.9. The largest absolute Gasteiger partial charge is 0.394 e. The molecule has 4 heterocycles. The monoisotopic (exact) mass is 456 g/mol. The first-order chi connectivity index (χ1) is 15.8. The summed E-state index contributed by atoms with van der Waals surface area (Å²) in [6.07, 6.45) is -7.49. The van der Waals surface area contributed by atoms with Crippen molar-refractivity contribution in [2.24, 2.45) is 0 Å². The van der Waals surface area contributed by atoms with E-state index < -0.39 is 54.1 Å². The van der Waals surface area contributed by atoms with Gasteiger partial charge < -0.3 is 30.6 Å². The number of nitrogens with zero attached hydrogens (tertiary/aromatic N) is 2. The topological polar surface area (TPSA) is 128 Å². The van der Waals surface area contributed by atoms with Crippen molar-refractivity contribution in [3.63, 3.8) is 0 Å². The first kappa shape index (κ1) is 22.9. The first-order valence-corrected chi connectivity index (χ1v) is 11.4. The molecular formula is C25H32N2O6. The van der Waals surface area contributed by atoms with Gasteiger partial charge in [-0.25, -0.2) is 0 Å². The Balaban J connectivity index is 1.55. The molecule has 178 valence electrons. The molecule has 4 bridgehead atoms. The van der Waals surface area contributed by atoms with Crippen LogP contribution in [-0.2, 0) is 10.8 Å². The van der Waals surface area contributed by atoms with E-state index in [1.54, 1.807) is 0 Å². The van der Waals surface area contributed by atoms with Gasteiger partial charge in [-0.1, -0.05) is 60.7 Å². The Kier molecular flexibility index (Phi) is 5.83.